The SMILES string of the molecule is CCCN(CCC)C1CCc2cccc(-c3cncnc3)c2C1. The average molecular weight is 309 g/mol. The third-order valence-corrected chi connectivity index (χ3v) is 4.87. The summed E-state index contributed by atoms with van der Waals surface area (Å²) in [7, 11) is 0. The van der Waals surface area contributed by atoms with Crippen LogP contribution in [0.1, 0.15) is 44.2 Å². The molecule has 1 aromatic heterocycles. The molecule has 1 unspecified atom stereocenters. The Hall–Kier alpha value is -1.74. The van der Waals surface area contributed by atoms with Crippen LogP contribution in [-0.4, -0.2) is 34.0 Å². The number of aromatic nitrogens is 2. The Morgan fingerprint density at radius 3 is 2.52 bits per heavy atom. The van der Waals surface area contributed by atoms with E-state index >= 15 is 0 Å². The summed E-state index contributed by atoms with van der Waals surface area (Å²) in [5.74, 6) is 0. The number of benzene rings is 1. The molecule has 0 amide bonds. The van der Waals surface area contributed by atoms with Gasteiger partial charge in [0.25, 0.3) is 0 Å². The van der Waals surface area contributed by atoms with Gasteiger partial charge in [-0.05, 0) is 61.9 Å². The number of nitrogens with zero attached hydrogens (tertiary/aromatic N) is 3. The Morgan fingerprint density at radius 1 is 1.09 bits per heavy atom. The van der Waals surface area contributed by atoms with Crippen LogP contribution in [0.4, 0.5) is 0 Å². The van der Waals surface area contributed by atoms with Gasteiger partial charge < -0.3 is 4.90 Å². The van der Waals surface area contributed by atoms with Crippen LogP contribution < -0.4 is 0 Å². The Morgan fingerprint density at radius 2 is 1.83 bits per heavy atom. The first kappa shape index (κ1) is 16.1. The molecule has 0 N–H and O–H groups in total. The van der Waals surface area contributed by atoms with Crippen LogP contribution >= 0.6 is 0 Å². The molecular weight excluding hydrogens is 282 g/mol. The highest BCUT2D eigenvalue weighted by Crippen LogP contribution is 2.32. The molecule has 3 rings (SSSR count). The lowest BCUT2D eigenvalue weighted by Crippen LogP contribution is -2.40. The zero-order valence-corrected chi connectivity index (χ0v) is 14.3. The summed E-state index contributed by atoms with van der Waals surface area (Å²) in [6.07, 6.45) is 11.6. The van der Waals surface area contributed by atoms with E-state index in [4.69, 9.17) is 0 Å². The van der Waals surface area contributed by atoms with E-state index in [2.05, 4.69) is 46.9 Å². The molecule has 1 heterocycles. The third kappa shape index (κ3) is 3.61. The van der Waals surface area contributed by atoms with Gasteiger partial charge in [0.2, 0.25) is 0 Å². The summed E-state index contributed by atoms with van der Waals surface area (Å²) in [5.41, 5.74) is 5.48. The monoisotopic (exact) mass is 309 g/mol. The maximum Gasteiger partial charge on any atom is 0.115 e. The van der Waals surface area contributed by atoms with Gasteiger partial charge in [0.05, 0.1) is 0 Å². The Balaban J connectivity index is 1.90. The number of hydrogen-bond acceptors (Lipinski definition) is 3. The molecule has 0 spiro atoms. The van der Waals surface area contributed by atoms with E-state index in [1.807, 2.05) is 12.4 Å². The Bertz CT molecular complexity index is 618. The second-order valence-electron chi connectivity index (χ2n) is 6.50. The predicted molar refractivity (Wildman–Crippen MR) is 95.4 cm³/mol. The molecule has 0 radical (unpaired) electrons. The van der Waals surface area contributed by atoms with E-state index in [0.717, 1.165) is 12.0 Å². The lowest BCUT2D eigenvalue weighted by molar-refractivity contribution is 0.180. The van der Waals surface area contributed by atoms with Gasteiger partial charge in [0.15, 0.2) is 0 Å². The molecule has 0 fully saturated rings. The van der Waals surface area contributed by atoms with Crippen LogP contribution in [0, 0.1) is 0 Å². The molecule has 2 aromatic rings. The molecule has 3 nitrogen and oxygen atoms in total. The van der Waals surface area contributed by atoms with E-state index in [1.54, 1.807) is 6.33 Å². The molecule has 0 saturated carbocycles. The van der Waals surface area contributed by atoms with Crippen LogP contribution in [0.3, 0.4) is 0 Å². The maximum absolute atomic E-state index is 4.20. The minimum Gasteiger partial charge on any atom is -0.300 e. The van der Waals surface area contributed by atoms with E-state index < -0.39 is 0 Å². The molecule has 1 aliphatic rings. The van der Waals surface area contributed by atoms with Gasteiger partial charge in [0, 0.05) is 24.0 Å². The van der Waals surface area contributed by atoms with Crippen LogP contribution in [0.25, 0.3) is 11.1 Å². The molecule has 122 valence electrons. The van der Waals surface area contributed by atoms with Crippen LogP contribution in [0.15, 0.2) is 36.9 Å². The van der Waals surface area contributed by atoms with Gasteiger partial charge >= 0.3 is 0 Å². The summed E-state index contributed by atoms with van der Waals surface area (Å²) < 4.78 is 0. The van der Waals surface area contributed by atoms with E-state index in [-0.39, 0.29) is 0 Å². The van der Waals surface area contributed by atoms with Crippen molar-refractivity contribution in [2.24, 2.45) is 0 Å². The second-order valence-corrected chi connectivity index (χ2v) is 6.50. The van der Waals surface area contributed by atoms with Crippen LogP contribution in [-0.2, 0) is 12.8 Å². The van der Waals surface area contributed by atoms with Crippen molar-refractivity contribution in [1.82, 2.24) is 14.9 Å². The highest BCUT2D eigenvalue weighted by atomic mass is 15.1. The molecule has 0 aliphatic heterocycles. The Labute approximate surface area is 139 Å². The molecule has 0 saturated heterocycles. The van der Waals surface area contributed by atoms with Crippen molar-refractivity contribution in [2.75, 3.05) is 13.1 Å². The molecule has 0 bridgehead atoms. The predicted octanol–water partition coefficient (Wildman–Crippen LogP) is 4.12. The number of hydrogen-bond donors (Lipinski definition) is 0. The summed E-state index contributed by atoms with van der Waals surface area (Å²) >= 11 is 0. The molecule has 1 atom stereocenters. The topological polar surface area (TPSA) is 29.0 Å². The van der Waals surface area contributed by atoms with Crippen molar-refractivity contribution in [1.29, 1.82) is 0 Å². The van der Waals surface area contributed by atoms with Crippen molar-refractivity contribution in [3.8, 4) is 11.1 Å². The number of fused-ring (bicyclic) bond motifs is 1. The van der Waals surface area contributed by atoms with Crippen molar-refractivity contribution in [3.05, 3.63) is 48.0 Å². The summed E-state index contributed by atoms with van der Waals surface area (Å²) in [4.78, 5) is 11.1. The highest BCUT2D eigenvalue weighted by molar-refractivity contribution is 5.67. The van der Waals surface area contributed by atoms with Gasteiger partial charge in [0.1, 0.15) is 6.33 Å². The molecule has 1 aromatic carbocycles. The van der Waals surface area contributed by atoms with Gasteiger partial charge in [-0.3, -0.25) is 0 Å². The van der Waals surface area contributed by atoms with Crippen molar-refractivity contribution in [3.63, 3.8) is 0 Å². The third-order valence-electron chi connectivity index (χ3n) is 4.87. The average Bonchev–Trinajstić information content (AvgIpc) is 2.61. The van der Waals surface area contributed by atoms with E-state index in [9.17, 15) is 0 Å². The fourth-order valence-corrected chi connectivity index (χ4v) is 3.84. The van der Waals surface area contributed by atoms with Crippen molar-refractivity contribution < 1.29 is 0 Å². The van der Waals surface area contributed by atoms with Gasteiger partial charge in [-0.25, -0.2) is 9.97 Å². The first-order valence-corrected chi connectivity index (χ1v) is 8.93. The minimum absolute atomic E-state index is 0.674. The Kier molecular flexibility index (Phi) is 5.39. The molecular formula is C20H27N3. The molecule has 1 aliphatic carbocycles. The standard InChI is InChI=1S/C20H27N3/c1-3-10-23(11-4-2)18-9-8-16-6-5-7-19(20(16)12-18)17-13-21-15-22-14-17/h5-7,13-15,18H,3-4,8-12H2,1-2H3. The minimum atomic E-state index is 0.674. The van der Waals surface area contributed by atoms with Gasteiger partial charge in [-0.1, -0.05) is 32.0 Å². The maximum atomic E-state index is 4.20. The smallest absolute Gasteiger partial charge is 0.115 e. The van der Waals surface area contributed by atoms with Crippen LogP contribution in [0.2, 0.25) is 0 Å². The number of rotatable bonds is 6. The van der Waals surface area contributed by atoms with E-state index in [1.165, 1.54) is 55.5 Å². The lowest BCUT2D eigenvalue weighted by atomic mass is 9.83. The zero-order chi connectivity index (χ0) is 16.1. The largest absolute Gasteiger partial charge is 0.300 e. The summed E-state index contributed by atoms with van der Waals surface area (Å²) in [6.45, 7) is 6.99. The number of aryl methyl sites for hydroxylation is 1. The summed E-state index contributed by atoms with van der Waals surface area (Å²) in [5, 5.41) is 0. The summed E-state index contributed by atoms with van der Waals surface area (Å²) in [6, 6.07) is 7.37. The normalized spacial score (nSPS) is 17.3. The van der Waals surface area contributed by atoms with Gasteiger partial charge in [-0.15, -0.1) is 0 Å². The first-order valence-electron chi connectivity index (χ1n) is 8.93. The van der Waals surface area contributed by atoms with Crippen molar-refractivity contribution in [2.45, 2.75) is 52.0 Å². The fourth-order valence-electron chi connectivity index (χ4n) is 3.84. The zero-order valence-electron chi connectivity index (χ0n) is 14.3. The first-order chi connectivity index (χ1) is 11.3. The molecule has 3 heteroatoms. The fraction of sp³-hybridized carbons (Fsp3) is 0.500. The molecule has 23 heavy (non-hydrogen) atoms. The highest BCUT2D eigenvalue weighted by Gasteiger charge is 2.25. The van der Waals surface area contributed by atoms with Crippen molar-refractivity contribution >= 4 is 0 Å². The van der Waals surface area contributed by atoms with E-state index in [0.29, 0.717) is 6.04 Å². The van der Waals surface area contributed by atoms with Crippen LogP contribution in [0.5, 0.6) is 0 Å². The van der Waals surface area contributed by atoms with Gasteiger partial charge in [-0.2, -0.15) is 0 Å². The lowest BCUT2D eigenvalue weighted by Gasteiger charge is -2.35. The quantitative estimate of drug-likeness (QED) is 0.803. The second kappa shape index (κ2) is 7.69.